The molecule has 2 N–H and O–H groups in total. The quantitative estimate of drug-likeness (QED) is 0.928. The fourth-order valence-corrected chi connectivity index (χ4v) is 2.22. The first-order valence-corrected chi connectivity index (χ1v) is 7.98. The molecule has 6 nitrogen and oxygen atoms in total. The van der Waals surface area contributed by atoms with Crippen LogP contribution in [-0.4, -0.2) is 48.7 Å². The fourth-order valence-electron chi connectivity index (χ4n) is 1.50. The summed E-state index contributed by atoms with van der Waals surface area (Å²) in [6.45, 7) is 6.48. The second kappa shape index (κ2) is 8.65. The molecule has 1 aromatic rings. The van der Waals surface area contributed by atoms with Gasteiger partial charge in [-0.2, -0.15) is 10.2 Å². The summed E-state index contributed by atoms with van der Waals surface area (Å²) in [7, 11) is 1.67. The van der Waals surface area contributed by atoms with E-state index in [4.69, 9.17) is 10.5 Å². The van der Waals surface area contributed by atoms with Gasteiger partial charge in [-0.25, -0.2) is 4.79 Å². The van der Waals surface area contributed by atoms with Gasteiger partial charge in [-0.05, 0) is 32.2 Å². The Hall–Kier alpha value is -1.73. The second-order valence-corrected chi connectivity index (χ2v) is 6.66. The van der Waals surface area contributed by atoms with Crippen molar-refractivity contribution in [1.29, 1.82) is 0 Å². The maximum atomic E-state index is 11.2. The van der Waals surface area contributed by atoms with Crippen LogP contribution in [0, 0.1) is 0 Å². The average Bonchev–Trinajstić information content (AvgIpc) is 3.10. The highest BCUT2D eigenvalue weighted by Gasteiger charge is 2.18. The third kappa shape index (κ3) is 6.82. The van der Waals surface area contributed by atoms with E-state index in [1.54, 1.807) is 18.4 Å². The molecule has 1 amide bonds. The molecule has 0 saturated heterocycles. The third-order valence-corrected chi connectivity index (χ3v) is 3.44. The minimum absolute atomic E-state index is 0.326. The van der Waals surface area contributed by atoms with Crippen molar-refractivity contribution >= 4 is 29.4 Å². The SMILES string of the molecule is C1=NN=C(c2cccs2)C1.CN(CCN)C(=O)OC(C)(C)C. The lowest BCUT2D eigenvalue weighted by Gasteiger charge is -2.24. The Morgan fingerprint density at radius 1 is 1.50 bits per heavy atom. The van der Waals surface area contributed by atoms with Gasteiger partial charge in [0.15, 0.2) is 0 Å². The first kappa shape index (κ1) is 18.3. The van der Waals surface area contributed by atoms with Crippen LogP contribution >= 0.6 is 11.3 Å². The highest BCUT2D eigenvalue weighted by Crippen LogP contribution is 2.13. The highest BCUT2D eigenvalue weighted by atomic mass is 32.1. The van der Waals surface area contributed by atoms with Crippen molar-refractivity contribution in [1.82, 2.24) is 4.90 Å². The predicted molar refractivity (Wildman–Crippen MR) is 91.9 cm³/mol. The molecule has 1 aromatic heterocycles. The summed E-state index contributed by atoms with van der Waals surface area (Å²) in [5.41, 5.74) is 5.94. The van der Waals surface area contributed by atoms with E-state index in [0.29, 0.717) is 13.1 Å². The van der Waals surface area contributed by atoms with Crippen molar-refractivity contribution in [2.45, 2.75) is 32.8 Å². The van der Waals surface area contributed by atoms with Gasteiger partial charge in [0.05, 0.1) is 10.6 Å². The molecule has 0 unspecified atom stereocenters. The smallest absolute Gasteiger partial charge is 0.410 e. The number of hydrogen-bond acceptors (Lipinski definition) is 6. The van der Waals surface area contributed by atoms with Gasteiger partial charge >= 0.3 is 6.09 Å². The maximum absolute atomic E-state index is 11.2. The van der Waals surface area contributed by atoms with Crippen LogP contribution in [0.15, 0.2) is 27.7 Å². The van der Waals surface area contributed by atoms with Crippen LogP contribution in [0.25, 0.3) is 0 Å². The van der Waals surface area contributed by atoms with Gasteiger partial charge in [0.2, 0.25) is 0 Å². The summed E-state index contributed by atoms with van der Waals surface area (Å²) in [5.74, 6) is 0. The maximum Gasteiger partial charge on any atom is 0.410 e. The Kier molecular flexibility index (Phi) is 7.20. The topological polar surface area (TPSA) is 80.3 Å². The minimum atomic E-state index is -0.431. The predicted octanol–water partition coefficient (Wildman–Crippen LogP) is 2.74. The van der Waals surface area contributed by atoms with Crippen LogP contribution < -0.4 is 5.73 Å². The van der Waals surface area contributed by atoms with E-state index in [1.807, 2.05) is 33.1 Å². The van der Waals surface area contributed by atoms with Crippen molar-refractivity contribution < 1.29 is 9.53 Å². The zero-order valence-electron chi connectivity index (χ0n) is 13.6. The molecule has 7 heteroatoms. The lowest BCUT2D eigenvalue weighted by molar-refractivity contribution is 0.0304. The lowest BCUT2D eigenvalue weighted by Crippen LogP contribution is -2.36. The Morgan fingerprint density at radius 3 is 2.68 bits per heavy atom. The minimum Gasteiger partial charge on any atom is -0.444 e. The Morgan fingerprint density at radius 2 is 2.23 bits per heavy atom. The van der Waals surface area contributed by atoms with E-state index >= 15 is 0 Å². The number of nitrogens with two attached hydrogens (primary N) is 1. The number of nitrogens with zero attached hydrogens (tertiary/aromatic N) is 3. The summed E-state index contributed by atoms with van der Waals surface area (Å²) >= 11 is 1.71. The van der Waals surface area contributed by atoms with E-state index < -0.39 is 5.60 Å². The van der Waals surface area contributed by atoms with Crippen LogP contribution in [0.1, 0.15) is 32.1 Å². The van der Waals surface area contributed by atoms with E-state index in [0.717, 1.165) is 12.1 Å². The zero-order valence-corrected chi connectivity index (χ0v) is 14.4. The normalized spacial score (nSPS) is 13.2. The van der Waals surface area contributed by atoms with Gasteiger partial charge in [0.25, 0.3) is 0 Å². The number of amides is 1. The molecule has 122 valence electrons. The molecule has 1 aliphatic rings. The van der Waals surface area contributed by atoms with Gasteiger partial charge in [-0.3, -0.25) is 0 Å². The largest absolute Gasteiger partial charge is 0.444 e. The first-order valence-electron chi connectivity index (χ1n) is 7.10. The zero-order chi connectivity index (χ0) is 16.6. The summed E-state index contributed by atoms with van der Waals surface area (Å²) in [6.07, 6.45) is 2.39. The van der Waals surface area contributed by atoms with Crippen molar-refractivity contribution in [2.75, 3.05) is 20.1 Å². The van der Waals surface area contributed by atoms with Crippen LogP contribution in [0.3, 0.4) is 0 Å². The lowest BCUT2D eigenvalue weighted by atomic mass is 10.2. The van der Waals surface area contributed by atoms with Crippen LogP contribution in [0.4, 0.5) is 4.79 Å². The fraction of sp³-hybridized carbons (Fsp3) is 0.533. The van der Waals surface area contributed by atoms with Gasteiger partial charge in [0, 0.05) is 32.8 Å². The van der Waals surface area contributed by atoms with Crippen molar-refractivity contribution in [3.63, 3.8) is 0 Å². The van der Waals surface area contributed by atoms with Crippen molar-refractivity contribution in [3.8, 4) is 0 Å². The van der Waals surface area contributed by atoms with Gasteiger partial charge < -0.3 is 15.4 Å². The number of carbonyl (C=O) groups is 1. The van der Waals surface area contributed by atoms with Crippen molar-refractivity contribution in [2.24, 2.45) is 15.9 Å². The van der Waals surface area contributed by atoms with E-state index in [9.17, 15) is 4.79 Å². The molecule has 0 fully saturated rings. The first-order chi connectivity index (χ1) is 10.3. The summed E-state index contributed by atoms with van der Waals surface area (Å²) in [5, 5.41) is 9.82. The number of thiophene rings is 1. The van der Waals surface area contributed by atoms with Gasteiger partial charge in [-0.15, -0.1) is 11.3 Å². The molecule has 0 bridgehead atoms. The molecule has 2 rings (SSSR count). The Labute approximate surface area is 135 Å². The molecule has 2 heterocycles. The molecular weight excluding hydrogens is 300 g/mol. The number of hydrogen-bond donors (Lipinski definition) is 1. The molecule has 0 spiro atoms. The van der Waals surface area contributed by atoms with Gasteiger partial charge in [0.1, 0.15) is 5.60 Å². The molecule has 22 heavy (non-hydrogen) atoms. The second-order valence-electron chi connectivity index (χ2n) is 5.72. The number of carbonyl (C=O) groups excluding carboxylic acids is 1. The standard InChI is InChI=1S/C8H18N2O2.C7H6N2S/c1-8(2,3)12-7(11)10(4)6-5-9;1-2-7(10-5-1)6-3-4-8-9-6/h5-6,9H2,1-4H3;1-2,4-5H,3H2. The molecule has 0 radical (unpaired) electrons. The Bertz CT molecular complexity index is 518. The summed E-state index contributed by atoms with van der Waals surface area (Å²) in [6, 6.07) is 4.10. The van der Waals surface area contributed by atoms with Gasteiger partial charge in [-0.1, -0.05) is 6.07 Å². The Balaban J connectivity index is 0.000000222. The molecular formula is C15H24N4O2S. The van der Waals surface area contributed by atoms with Crippen LogP contribution in [0.2, 0.25) is 0 Å². The summed E-state index contributed by atoms with van der Waals surface area (Å²) in [4.78, 5) is 13.9. The summed E-state index contributed by atoms with van der Waals surface area (Å²) < 4.78 is 5.08. The molecule has 1 aliphatic heterocycles. The van der Waals surface area contributed by atoms with E-state index in [2.05, 4.69) is 21.6 Å². The van der Waals surface area contributed by atoms with E-state index in [-0.39, 0.29) is 6.09 Å². The molecule has 0 saturated carbocycles. The van der Waals surface area contributed by atoms with Crippen LogP contribution in [0.5, 0.6) is 0 Å². The molecule has 0 aliphatic carbocycles. The van der Waals surface area contributed by atoms with Crippen molar-refractivity contribution in [3.05, 3.63) is 22.4 Å². The highest BCUT2D eigenvalue weighted by molar-refractivity contribution is 7.12. The number of rotatable bonds is 3. The average molecular weight is 324 g/mol. The number of likely N-dealkylation sites (N-methyl/N-ethyl adjacent to an activating group) is 1. The third-order valence-electron chi connectivity index (χ3n) is 2.52. The molecule has 0 aromatic carbocycles. The monoisotopic (exact) mass is 324 g/mol. The van der Waals surface area contributed by atoms with Crippen LogP contribution in [-0.2, 0) is 4.74 Å². The number of ether oxygens (including phenoxy) is 1. The molecule has 0 atom stereocenters. The van der Waals surface area contributed by atoms with E-state index in [1.165, 1.54) is 9.78 Å².